The molecule has 0 aliphatic heterocycles. The lowest BCUT2D eigenvalue weighted by Crippen LogP contribution is -2.60. The molecular weight excluding hydrogens is 462 g/mol. The highest BCUT2D eigenvalue weighted by molar-refractivity contribution is 7.98. The number of aliphatic hydroxyl groups is 1. The fourth-order valence-electron chi connectivity index (χ4n) is 2.54. The predicted molar refractivity (Wildman–Crippen MR) is 117 cm³/mol. The summed E-state index contributed by atoms with van der Waals surface area (Å²) in [5.41, 5.74) is 10.5. The van der Waals surface area contributed by atoms with Crippen LogP contribution >= 0.6 is 11.8 Å². The van der Waals surface area contributed by atoms with Gasteiger partial charge in [0.25, 0.3) is 0 Å². The van der Waals surface area contributed by atoms with Crippen LogP contribution in [0, 0.1) is 0 Å². The summed E-state index contributed by atoms with van der Waals surface area (Å²) in [4.78, 5) is 70.4. The number of hydrogen-bond donors (Lipinski definition) is 8. The van der Waals surface area contributed by atoms with Crippen molar-refractivity contribution in [2.75, 3.05) is 12.0 Å². The van der Waals surface area contributed by atoms with Crippen LogP contribution in [0.5, 0.6) is 0 Å². The number of primary amides is 1. The van der Waals surface area contributed by atoms with Crippen molar-refractivity contribution >= 4 is 47.3 Å². The van der Waals surface area contributed by atoms with Crippen molar-refractivity contribution in [2.45, 2.75) is 62.9 Å². The van der Waals surface area contributed by atoms with Crippen LogP contribution in [0.1, 0.15) is 32.6 Å². The lowest BCUT2D eigenvalue weighted by atomic mass is 10.1. The summed E-state index contributed by atoms with van der Waals surface area (Å²) in [6, 6.07) is -5.64. The van der Waals surface area contributed by atoms with Gasteiger partial charge in [0.2, 0.25) is 23.6 Å². The number of carboxylic acids is 2. The molecule has 188 valence electrons. The first-order valence-corrected chi connectivity index (χ1v) is 11.3. The van der Waals surface area contributed by atoms with Gasteiger partial charge in [0.05, 0.1) is 18.6 Å². The van der Waals surface area contributed by atoms with Crippen LogP contribution in [0.25, 0.3) is 0 Å². The Bertz CT molecular complexity index is 734. The molecule has 4 amide bonds. The number of nitrogens with two attached hydrogens (primary N) is 2. The number of amides is 4. The van der Waals surface area contributed by atoms with Gasteiger partial charge >= 0.3 is 11.9 Å². The zero-order valence-corrected chi connectivity index (χ0v) is 19.1. The first kappa shape index (κ1) is 30.1. The summed E-state index contributed by atoms with van der Waals surface area (Å²) >= 11 is 1.34. The molecule has 0 heterocycles. The van der Waals surface area contributed by atoms with E-state index in [1.165, 1.54) is 18.7 Å². The Balaban J connectivity index is 5.40. The highest BCUT2D eigenvalue weighted by Crippen LogP contribution is 2.06. The number of aliphatic carboxylic acids is 2. The number of rotatable bonds is 16. The van der Waals surface area contributed by atoms with E-state index in [1.54, 1.807) is 6.26 Å². The van der Waals surface area contributed by atoms with E-state index in [0.29, 0.717) is 5.75 Å². The number of carbonyl (C=O) groups excluding carboxylic acids is 4. The van der Waals surface area contributed by atoms with E-state index in [2.05, 4.69) is 16.0 Å². The number of thioether (sulfide) groups is 1. The second kappa shape index (κ2) is 15.0. The maximum Gasteiger partial charge on any atom is 0.326 e. The Morgan fingerprint density at radius 1 is 0.909 bits per heavy atom. The van der Waals surface area contributed by atoms with E-state index in [9.17, 15) is 39.0 Å². The van der Waals surface area contributed by atoms with Crippen molar-refractivity contribution in [1.29, 1.82) is 0 Å². The van der Waals surface area contributed by atoms with Crippen molar-refractivity contribution < 1.29 is 44.1 Å². The molecule has 5 unspecified atom stereocenters. The van der Waals surface area contributed by atoms with E-state index >= 15 is 0 Å². The van der Waals surface area contributed by atoms with E-state index in [1.807, 2.05) is 0 Å². The molecule has 0 saturated heterocycles. The minimum atomic E-state index is -1.54. The monoisotopic (exact) mass is 493 g/mol. The highest BCUT2D eigenvalue weighted by Gasteiger charge is 2.32. The Kier molecular flexibility index (Phi) is 13.7. The van der Waals surface area contributed by atoms with Crippen molar-refractivity contribution in [3.05, 3.63) is 0 Å². The van der Waals surface area contributed by atoms with Gasteiger partial charge in [-0.2, -0.15) is 11.8 Å². The summed E-state index contributed by atoms with van der Waals surface area (Å²) in [6.45, 7) is 1.20. The molecule has 0 aromatic carbocycles. The lowest BCUT2D eigenvalue weighted by Gasteiger charge is -2.26. The molecule has 15 heteroatoms. The van der Waals surface area contributed by atoms with Gasteiger partial charge in [-0.15, -0.1) is 0 Å². The number of carbonyl (C=O) groups is 6. The second-order valence-electron chi connectivity index (χ2n) is 7.18. The molecule has 33 heavy (non-hydrogen) atoms. The molecule has 0 aliphatic rings. The Hall–Kier alpha value is -2.91. The summed E-state index contributed by atoms with van der Waals surface area (Å²) in [5.74, 6) is -5.91. The first-order valence-electron chi connectivity index (χ1n) is 9.86. The van der Waals surface area contributed by atoms with Gasteiger partial charge in [0, 0.05) is 6.42 Å². The zero-order valence-electron chi connectivity index (χ0n) is 18.3. The summed E-state index contributed by atoms with van der Waals surface area (Å²) in [7, 11) is 0. The molecule has 0 radical (unpaired) electrons. The topological polar surface area (TPSA) is 251 Å². The lowest BCUT2D eigenvalue weighted by molar-refractivity contribution is -0.143. The van der Waals surface area contributed by atoms with Crippen LogP contribution in [0.15, 0.2) is 0 Å². The van der Waals surface area contributed by atoms with Gasteiger partial charge in [-0.3, -0.25) is 24.0 Å². The first-order chi connectivity index (χ1) is 15.3. The summed E-state index contributed by atoms with van der Waals surface area (Å²) in [5, 5.41) is 34.6. The zero-order chi connectivity index (χ0) is 25.7. The second-order valence-corrected chi connectivity index (χ2v) is 8.16. The van der Waals surface area contributed by atoms with Gasteiger partial charge in [-0.25, -0.2) is 4.79 Å². The molecule has 0 rings (SSSR count). The predicted octanol–water partition coefficient (Wildman–Crippen LogP) is -3.27. The fourth-order valence-corrected chi connectivity index (χ4v) is 3.01. The quantitative estimate of drug-likeness (QED) is 0.106. The summed E-state index contributed by atoms with van der Waals surface area (Å²) < 4.78 is 0. The SMILES string of the molecule is CSCCC(NC(=O)C(NC(=O)C(N)CC(N)=O)C(C)O)C(=O)NC(CCC(=O)O)C(=O)O. The Morgan fingerprint density at radius 2 is 1.48 bits per heavy atom. The molecule has 0 aromatic heterocycles. The average molecular weight is 494 g/mol. The van der Waals surface area contributed by atoms with E-state index in [0.717, 1.165) is 0 Å². The molecule has 0 aliphatic carbocycles. The molecule has 10 N–H and O–H groups in total. The average Bonchev–Trinajstić information content (AvgIpc) is 2.70. The van der Waals surface area contributed by atoms with Crippen LogP contribution in [-0.4, -0.2) is 93.2 Å². The molecule has 0 aromatic rings. The van der Waals surface area contributed by atoms with Gasteiger partial charge in [0.15, 0.2) is 0 Å². The molecule has 5 atom stereocenters. The molecule has 14 nitrogen and oxygen atoms in total. The minimum absolute atomic E-state index is 0.0751. The smallest absolute Gasteiger partial charge is 0.326 e. The van der Waals surface area contributed by atoms with Gasteiger partial charge in [-0.1, -0.05) is 0 Å². The van der Waals surface area contributed by atoms with Gasteiger partial charge < -0.3 is 42.7 Å². The fraction of sp³-hybridized carbons (Fsp3) is 0.667. The largest absolute Gasteiger partial charge is 0.481 e. The highest BCUT2D eigenvalue weighted by atomic mass is 32.2. The number of nitrogens with one attached hydrogen (secondary N) is 3. The van der Waals surface area contributed by atoms with Crippen LogP contribution in [-0.2, 0) is 28.8 Å². The summed E-state index contributed by atoms with van der Waals surface area (Å²) in [6.07, 6.45) is -0.967. The standard InChI is InChI=1S/C18H31N5O9S/c1-8(24)14(23-15(28)9(19)7-12(20)25)17(30)21-10(5-6-33-2)16(29)22-11(18(31)32)3-4-13(26)27/h8-11,14,24H,3-7,19H2,1-2H3,(H2,20,25)(H,21,30)(H,22,29)(H,23,28)(H,26,27)(H,31,32). The third-order valence-electron chi connectivity index (χ3n) is 4.33. The van der Waals surface area contributed by atoms with E-state index in [4.69, 9.17) is 16.6 Å². The normalized spacial score (nSPS) is 15.3. The number of carboxylic acid groups (broad SMARTS) is 2. The van der Waals surface area contributed by atoms with E-state index < -0.39 is 78.7 Å². The van der Waals surface area contributed by atoms with Crippen molar-refractivity contribution in [3.63, 3.8) is 0 Å². The minimum Gasteiger partial charge on any atom is -0.481 e. The molecule has 0 saturated carbocycles. The Morgan fingerprint density at radius 3 is 1.94 bits per heavy atom. The van der Waals surface area contributed by atoms with Crippen molar-refractivity contribution in [1.82, 2.24) is 16.0 Å². The van der Waals surface area contributed by atoms with Gasteiger partial charge in [0.1, 0.15) is 18.1 Å². The maximum atomic E-state index is 12.7. The van der Waals surface area contributed by atoms with Crippen LogP contribution in [0.3, 0.4) is 0 Å². The van der Waals surface area contributed by atoms with E-state index in [-0.39, 0.29) is 12.8 Å². The van der Waals surface area contributed by atoms with Crippen LogP contribution < -0.4 is 27.4 Å². The van der Waals surface area contributed by atoms with Crippen LogP contribution in [0.2, 0.25) is 0 Å². The molecule has 0 fully saturated rings. The Labute approximate surface area is 194 Å². The molecule has 0 spiro atoms. The maximum absolute atomic E-state index is 12.7. The van der Waals surface area contributed by atoms with Gasteiger partial charge in [-0.05, 0) is 31.8 Å². The number of hydrogen-bond acceptors (Lipinski definition) is 9. The van der Waals surface area contributed by atoms with Crippen LogP contribution in [0.4, 0.5) is 0 Å². The molecule has 0 bridgehead atoms. The van der Waals surface area contributed by atoms with Crippen molar-refractivity contribution in [3.8, 4) is 0 Å². The molecular formula is C18H31N5O9S. The van der Waals surface area contributed by atoms with Crippen molar-refractivity contribution in [2.24, 2.45) is 11.5 Å². The number of aliphatic hydroxyl groups excluding tert-OH is 1. The third kappa shape index (κ3) is 12.1. The third-order valence-corrected chi connectivity index (χ3v) is 4.97.